The Labute approximate surface area is 117 Å². The number of hydrogen-bond acceptors (Lipinski definition) is 3. The molecule has 0 amide bonds. The Morgan fingerprint density at radius 2 is 1.89 bits per heavy atom. The van der Waals surface area contributed by atoms with Gasteiger partial charge in [-0.15, -0.1) is 0 Å². The van der Waals surface area contributed by atoms with Crippen LogP contribution in [0, 0.1) is 5.41 Å². The number of nitrogens with two attached hydrogens (primary N) is 1. The maximum atomic E-state index is 5.61. The molecule has 1 aliphatic heterocycles. The second-order valence-corrected chi connectivity index (χ2v) is 5.91. The number of nitrogen functional groups attached to an aromatic ring is 1. The average Bonchev–Trinajstić information content (AvgIpc) is 2.86. The van der Waals surface area contributed by atoms with Gasteiger partial charge in [-0.2, -0.15) is 5.10 Å². The molecule has 1 aromatic heterocycles. The summed E-state index contributed by atoms with van der Waals surface area (Å²) < 4.78 is 1.95. The summed E-state index contributed by atoms with van der Waals surface area (Å²) in [6, 6.07) is 1.86. The Morgan fingerprint density at radius 3 is 2.42 bits per heavy atom. The topological polar surface area (TPSA) is 47.1 Å². The van der Waals surface area contributed by atoms with Gasteiger partial charge in [0.15, 0.2) is 0 Å². The van der Waals surface area contributed by atoms with Crippen molar-refractivity contribution in [2.24, 2.45) is 5.41 Å². The fourth-order valence-corrected chi connectivity index (χ4v) is 3.17. The molecule has 0 radical (unpaired) electrons. The van der Waals surface area contributed by atoms with Gasteiger partial charge in [-0.25, -0.2) is 0 Å². The van der Waals surface area contributed by atoms with E-state index in [2.05, 4.69) is 23.8 Å². The van der Waals surface area contributed by atoms with Gasteiger partial charge in [0.25, 0.3) is 0 Å². The number of piperidine rings is 1. The van der Waals surface area contributed by atoms with E-state index in [-0.39, 0.29) is 0 Å². The second-order valence-electron chi connectivity index (χ2n) is 5.91. The molecule has 1 saturated heterocycles. The molecule has 4 heteroatoms. The van der Waals surface area contributed by atoms with Crippen molar-refractivity contribution >= 4 is 5.82 Å². The van der Waals surface area contributed by atoms with Crippen LogP contribution < -0.4 is 5.73 Å². The third-order valence-electron chi connectivity index (χ3n) is 4.94. The lowest BCUT2D eigenvalue weighted by Gasteiger charge is -2.41. The van der Waals surface area contributed by atoms with Crippen LogP contribution in [-0.2, 0) is 6.54 Å². The van der Waals surface area contributed by atoms with Gasteiger partial charge in [0.05, 0.1) is 0 Å². The van der Waals surface area contributed by atoms with Crippen LogP contribution in [0.4, 0.5) is 5.82 Å². The Hall–Kier alpha value is -1.03. The van der Waals surface area contributed by atoms with Crippen LogP contribution >= 0.6 is 0 Å². The summed E-state index contributed by atoms with van der Waals surface area (Å²) in [7, 11) is 0. The zero-order valence-corrected chi connectivity index (χ0v) is 12.4. The molecule has 1 fully saturated rings. The molecule has 19 heavy (non-hydrogen) atoms. The summed E-state index contributed by atoms with van der Waals surface area (Å²) in [5.74, 6) is 0.619. The van der Waals surface area contributed by atoms with E-state index in [9.17, 15) is 0 Å². The predicted molar refractivity (Wildman–Crippen MR) is 79.9 cm³/mol. The molecule has 108 valence electrons. The van der Waals surface area contributed by atoms with Crippen molar-refractivity contribution < 1.29 is 0 Å². The van der Waals surface area contributed by atoms with E-state index in [1.807, 2.05) is 16.9 Å². The quantitative estimate of drug-likeness (QED) is 0.859. The van der Waals surface area contributed by atoms with Crippen molar-refractivity contribution in [1.82, 2.24) is 14.7 Å². The average molecular weight is 264 g/mol. The van der Waals surface area contributed by atoms with Crippen molar-refractivity contribution in [2.45, 2.75) is 52.5 Å². The first-order valence-electron chi connectivity index (χ1n) is 7.69. The molecule has 0 spiro atoms. The van der Waals surface area contributed by atoms with Gasteiger partial charge in [-0.3, -0.25) is 4.68 Å². The van der Waals surface area contributed by atoms with Gasteiger partial charge in [-0.05, 0) is 50.4 Å². The van der Waals surface area contributed by atoms with E-state index in [4.69, 9.17) is 5.73 Å². The fourth-order valence-electron chi connectivity index (χ4n) is 3.17. The minimum Gasteiger partial charge on any atom is -0.382 e. The number of rotatable bonds is 6. The van der Waals surface area contributed by atoms with Gasteiger partial charge in [0.1, 0.15) is 5.82 Å². The Morgan fingerprint density at radius 1 is 1.21 bits per heavy atom. The lowest BCUT2D eigenvalue weighted by Crippen LogP contribution is -2.40. The maximum Gasteiger partial charge on any atom is 0.145 e. The largest absolute Gasteiger partial charge is 0.382 e. The number of likely N-dealkylation sites (tertiary alicyclic amines) is 1. The summed E-state index contributed by atoms with van der Waals surface area (Å²) in [6.45, 7) is 9.39. The van der Waals surface area contributed by atoms with Crippen LogP contribution in [0.3, 0.4) is 0 Å². The highest BCUT2D eigenvalue weighted by molar-refractivity contribution is 5.23. The van der Waals surface area contributed by atoms with Crippen LogP contribution in [0.5, 0.6) is 0 Å². The molecule has 2 rings (SSSR count). The number of hydrogen-bond donors (Lipinski definition) is 1. The van der Waals surface area contributed by atoms with Gasteiger partial charge in [-0.1, -0.05) is 26.7 Å². The van der Waals surface area contributed by atoms with Crippen molar-refractivity contribution in [3.63, 3.8) is 0 Å². The zero-order chi connectivity index (χ0) is 13.7. The lowest BCUT2D eigenvalue weighted by molar-refractivity contribution is 0.0937. The molecular weight excluding hydrogens is 236 g/mol. The molecule has 1 aliphatic rings. The summed E-state index contributed by atoms with van der Waals surface area (Å²) in [6.07, 6.45) is 8.54. The molecule has 1 aromatic rings. The monoisotopic (exact) mass is 264 g/mol. The fraction of sp³-hybridized carbons (Fsp3) is 0.800. The molecule has 0 unspecified atom stereocenters. The number of nitrogens with zero attached hydrogens (tertiary/aromatic N) is 3. The molecule has 0 saturated carbocycles. The summed E-state index contributed by atoms with van der Waals surface area (Å²) in [5.41, 5.74) is 6.24. The number of aryl methyl sites for hydroxylation is 1. The third-order valence-corrected chi connectivity index (χ3v) is 4.94. The summed E-state index contributed by atoms with van der Waals surface area (Å²) >= 11 is 0. The molecule has 0 aliphatic carbocycles. The Kier molecular flexibility index (Phi) is 4.86. The molecule has 4 nitrogen and oxygen atoms in total. The molecule has 2 N–H and O–H groups in total. The van der Waals surface area contributed by atoms with Crippen LogP contribution in [-0.4, -0.2) is 34.3 Å². The standard InChI is InChI=1S/C15H28N4/c1-3-15(4-2)7-12-18(13-8-15)9-5-10-19-11-6-14(16)17-19/h6,11H,3-5,7-10,12-13H2,1-2H3,(H2,16,17). The first kappa shape index (κ1) is 14.4. The molecule has 2 heterocycles. The molecular formula is C15H28N4. The summed E-state index contributed by atoms with van der Waals surface area (Å²) in [5, 5.41) is 4.22. The molecule has 0 atom stereocenters. The highest BCUT2D eigenvalue weighted by Crippen LogP contribution is 2.37. The zero-order valence-electron chi connectivity index (χ0n) is 12.4. The van der Waals surface area contributed by atoms with Crippen LogP contribution in [0.2, 0.25) is 0 Å². The highest BCUT2D eigenvalue weighted by Gasteiger charge is 2.30. The van der Waals surface area contributed by atoms with Crippen LogP contribution in [0.1, 0.15) is 46.0 Å². The van der Waals surface area contributed by atoms with E-state index in [1.54, 1.807) is 0 Å². The van der Waals surface area contributed by atoms with Crippen LogP contribution in [0.15, 0.2) is 12.3 Å². The number of aromatic nitrogens is 2. The highest BCUT2D eigenvalue weighted by atomic mass is 15.3. The van der Waals surface area contributed by atoms with Gasteiger partial charge < -0.3 is 10.6 Å². The van der Waals surface area contributed by atoms with Crippen LogP contribution in [0.25, 0.3) is 0 Å². The second kappa shape index (κ2) is 6.42. The van der Waals surface area contributed by atoms with Crippen molar-refractivity contribution in [3.8, 4) is 0 Å². The van der Waals surface area contributed by atoms with E-state index >= 15 is 0 Å². The van der Waals surface area contributed by atoms with Crippen molar-refractivity contribution in [1.29, 1.82) is 0 Å². The molecule has 0 aromatic carbocycles. The first-order chi connectivity index (χ1) is 9.17. The normalized spacial score (nSPS) is 19.7. The lowest BCUT2D eigenvalue weighted by atomic mass is 9.74. The van der Waals surface area contributed by atoms with Gasteiger partial charge >= 0.3 is 0 Å². The number of anilines is 1. The minimum atomic E-state index is 0.619. The predicted octanol–water partition coefficient (Wildman–Crippen LogP) is 2.76. The SMILES string of the molecule is CCC1(CC)CCN(CCCn2ccc(N)n2)CC1. The van der Waals surface area contributed by atoms with Crippen molar-refractivity contribution in [3.05, 3.63) is 12.3 Å². The van der Waals surface area contributed by atoms with E-state index in [0.29, 0.717) is 11.2 Å². The Balaban J connectivity index is 1.68. The van der Waals surface area contributed by atoms with E-state index in [1.165, 1.54) is 45.3 Å². The maximum absolute atomic E-state index is 5.61. The van der Waals surface area contributed by atoms with E-state index in [0.717, 1.165) is 13.0 Å². The van der Waals surface area contributed by atoms with Gasteiger partial charge in [0, 0.05) is 12.7 Å². The minimum absolute atomic E-state index is 0.619. The smallest absolute Gasteiger partial charge is 0.145 e. The Bertz CT molecular complexity index is 371. The first-order valence-corrected chi connectivity index (χ1v) is 7.69. The third kappa shape index (κ3) is 3.72. The van der Waals surface area contributed by atoms with Crippen molar-refractivity contribution in [2.75, 3.05) is 25.4 Å². The van der Waals surface area contributed by atoms with E-state index < -0.39 is 0 Å². The van der Waals surface area contributed by atoms with Gasteiger partial charge in [0.2, 0.25) is 0 Å². The summed E-state index contributed by atoms with van der Waals surface area (Å²) in [4.78, 5) is 2.61. The molecule has 0 bridgehead atoms.